The summed E-state index contributed by atoms with van der Waals surface area (Å²) in [5.41, 5.74) is 1.79. The van der Waals surface area contributed by atoms with Crippen LogP contribution < -0.4 is 5.32 Å². The number of carbonyl (C=O) groups is 2. The standard InChI is InChI=1S/C27H27Cl3N2O2S/c1-31-27(34)25(17-19-6-3-2-4-7-19)32(18-20-9-14-23(29)24(30)16-20)26(33)8-5-15-35-22-12-10-21(28)11-13-22/h2-4,6-7,9-14,16,25H,5,8,15,17-18H2,1H3,(H,31,34)/t25-/m1/s1. The summed E-state index contributed by atoms with van der Waals surface area (Å²) >= 11 is 19.9. The molecule has 0 heterocycles. The van der Waals surface area contributed by atoms with E-state index in [1.54, 1.807) is 35.8 Å². The molecule has 0 unspecified atom stereocenters. The topological polar surface area (TPSA) is 49.4 Å². The molecule has 0 aromatic heterocycles. The molecule has 1 atom stereocenters. The van der Waals surface area contributed by atoms with E-state index in [9.17, 15) is 9.59 Å². The van der Waals surface area contributed by atoms with Gasteiger partial charge in [-0.15, -0.1) is 11.8 Å². The van der Waals surface area contributed by atoms with Crippen molar-refractivity contribution in [3.8, 4) is 0 Å². The SMILES string of the molecule is CNC(=O)[C@@H](Cc1ccccc1)N(Cc1ccc(Cl)c(Cl)c1)C(=O)CCCSc1ccc(Cl)cc1. The molecule has 3 aromatic rings. The molecule has 0 aliphatic heterocycles. The van der Waals surface area contributed by atoms with Gasteiger partial charge in [0.15, 0.2) is 0 Å². The lowest BCUT2D eigenvalue weighted by molar-refractivity contribution is -0.141. The van der Waals surface area contributed by atoms with Gasteiger partial charge in [0.2, 0.25) is 11.8 Å². The van der Waals surface area contributed by atoms with Crippen LogP contribution in [0.5, 0.6) is 0 Å². The zero-order valence-corrected chi connectivity index (χ0v) is 22.4. The zero-order valence-electron chi connectivity index (χ0n) is 19.3. The van der Waals surface area contributed by atoms with Gasteiger partial charge in [0.25, 0.3) is 0 Å². The molecule has 0 radical (unpaired) electrons. The van der Waals surface area contributed by atoms with E-state index in [1.165, 1.54) is 0 Å². The fourth-order valence-electron chi connectivity index (χ4n) is 3.64. The number of benzene rings is 3. The van der Waals surface area contributed by atoms with E-state index in [-0.39, 0.29) is 18.4 Å². The number of nitrogens with one attached hydrogen (secondary N) is 1. The molecule has 184 valence electrons. The Bertz CT molecular complexity index is 1130. The maximum atomic E-state index is 13.5. The zero-order chi connectivity index (χ0) is 25.2. The van der Waals surface area contributed by atoms with Crippen LogP contribution in [0.1, 0.15) is 24.0 Å². The first-order valence-corrected chi connectivity index (χ1v) is 13.4. The van der Waals surface area contributed by atoms with Gasteiger partial charge in [0, 0.05) is 36.4 Å². The minimum absolute atomic E-state index is 0.0858. The maximum absolute atomic E-state index is 13.5. The Labute approximate surface area is 225 Å². The van der Waals surface area contributed by atoms with Gasteiger partial charge in [-0.25, -0.2) is 0 Å². The van der Waals surface area contributed by atoms with Crippen LogP contribution in [0.25, 0.3) is 0 Å². The second kappa shape index (κ2) is 13.8. The van der Waals surface area contributed by atoms with Gasteiger partial charge in [0.1, 0.15) is 6.04 Å². The Morgan fingerprint density at radius 2 is 1.63 bits per heavy atom. The Hall–Kier alpha value is -2.18. The lowest BCUT2D eigenvalue weighted by Crippen LogP contribution is -2.49. The van der Waals surface area contributed by atoms with Crippen molar-refractivity contribution in [3.05, 3.63) is 99.0 Å². The lowest BCUT2D eigenvalue weighted by Gasteiger charge is -2.31. The highest BCUT2D eigenvalue weighted by molar-refractivity contribution is 7.99. The molecule has 4 nitrogen and oxygen atoms in total. The Morgan fingerprint density at radius 3 is 2.29 bits per heavy atom. The van der Waals surface area contributed by atoms with Gasteiger partial charge < -0.3 is 10.2 Å². The number of carbonyl (C=O) groups excluding carboxylic acids is 2. The number of halogens is 3. The Kier molecular flexibility index (Phi) is 10.8. The monoisotopic (exact) mass is 548 g/mol. The Balaban J connectivity index is 1.76. The van der Waals surface area contributed by atoms with Crippen molar-refractivity contribution in [1.82, 2.24) is 10.2 Å². The predicted octanol–water partition coefficient (Wildman–Crippen LogP) is 6.91. The molecule has 0 aliphatic carbocycles. The number of nitrogens with zero attached hydrogens (tertiary/aromatic N) is 1. The largest absolute Gasteiger partial charge is 0.357 e. The van der Waals surface area contributed by atoms with E-state index >= 15 is 0 Å². The summed E-state index contributed by atoms with van der Waals surface area (Å²) in [5, 5.41) is 4.28. The van der Waals surface area contributed by atoms with Gasteiger partial charge in [-0.2, -0.15) is 0 Å². The number of hydrogen-bond acceptors (Lipinski definition) is 3. The summed E-state index contributed by atoms with van der Waals surface area (Å²) in [6.07, 6.45) is 1.41. The number of likely N-dealkylation sites (N-methyl/N-ethyl adjacent to an activating group) is 1. The molecule has 0 saturated carbocycles. The summed E-state index contributed by atoms with van der Waals surface area (Å²) in [4.78, 5) is 29.2. The highest BCUT2D eigenvalue weighted by atomic mass is 35.5. The highest BCUT2D eigenvalue weighted by Gasteiger charge is 2.29. The molecule has 0 spiro atoms. The second-order valence-corrected chi connectivity index (χ2v) is 10.4. The first-order chi connectivity index (χ1) is 16.9. The smallest absolute Gasteiger partial charge is 0.242 e. The summed E-state index contributed by atoms with van der Waals surface area (Å²) in [7, 11) is 1.59. The molecule has 2 amide bonds. The quantitative estimate of drug-likeness (QED) is 0.209. The molecule has 8 heteroatoms. The van der Waals surface area contributed by atoms with Gasteiger partial charge in [-0.1, -0.05) is 71.2 Å². The normalized spacial score (nSPS) is 11.7. The van der Waals surface area contributed by atoms with Crippen molar-refractivity contribution in [2.24, 2.45) is 0 Å². The third kappa shape index (κ3) is 8.46. The second-order valence-electron chi connectivity index (χ2n) is 8.00. The lowest BCUT2D eigenvalue weighted by atomic mass is 10.0. The molecule has 0 fully saturated rings. The predicted molar refractivity (Wildman–Crippen MR) is 146 cm³/mol. The van der Waals surface area contributed by atoms with E-state index in [0.29, 0.717) is 34.3 Å². The van der Waals surface area contributed by atoms with Crippen molar-refractivity contribution in [2.45, 2.75) is 36.7 Å². The van der Waals surface area contributed by atoms with Crippen LogP contribution in [0.2, 0.25) is 15.1 Å². The number of hydrogen-bond donors (Lipinski definition) is 1. The maximum Gasteiger partial charge on any atom is 0.242 e. The van der Waals surface area contributed by atoms with Crippen LogP contribution in [-0.4, -0.2) is 35.6 Å². The fraction of sp³-hybridized carbons (Fsp3) is 0.259. The number of amides is 2. The summed E-state index contributed by atoms with van der Waals surface area (Å²) in [5.74, 6) is 0.479. The average molecular weight is 550 g/mol. The molecule has 0 aliphatic rings. The van der Waals surface area contributed by atoms with E-state index in [4.69, 9.17) is 34.8 Å². The molecule has 0 saturated heterocycles. The third-order valence-corrected chi connectivity index (χ3v) is 7.56. The van der Waals surface area contributed by atoms with Crippen LogP contribution in [-0.2, 0) is 22.6 Å². The summed E-state index contributed by atoms with van der Waals surface area (Å²) in [6.45, 7) is 0.255. The Morgan fingerprint density at radius 1 is 0.914 bits per heavy atom. The van der Waals surface area contributed by atoms with Crippen molar-refractivity contribution in [2.75, 3.05) is 12.8 Å². The molecule has 0 bridgehead atoms. The van der Waals surface area contributed by atoms with Crippen molar-refractivity contribution in [1.29, 1.82) is 0 Å². The molecular weight excluding hydrogens is 523 g/mol. The van der Waals surface area contributed by atoms with Crippen LogP contribution in [0.15, 0.2) is 77.7 Å². The minimum atomic E-state index is -0.659. The van der Waals surface area contributed by atoms with Crippen LogP contribution in [0.4, 0.5) is 0 Å². The highest BCUT2D eigenvalue weighted by Crippen LogP contribution is 2.25. The summed E-state index contributed by atoms with van der Waals surface area (Å²) in [6, 6.07) is 21.9. The number of rotatable bonds is 11. The van der Waals surface area contributed by atoms with Crippen LogP contribution in [0, 0.1) is 0 Å². The minimum Gasteiger partial charge on any atom is -0.357 e. The van der Waals surface area contributed by atoms with Crippen LogP contribution in [0.3, 0.4) is 0 Å². The van der Waals surface area contributed by atoms with Gasteiger partial charge in [-0.05, 0) is 59.7 Å². The van der Waals surface area contributed by atoms with E-state index in [2.05, 4.69) is 5.32 Å². The van der Waals surface area contributed by atoms with Crippen molar-refractivity contribution < 1.29 is 9.59 Å². The molecule has 35 heavy (non-hydrogen) atoms. The number of thioether (sulfide) groups is 1. The summed E-state index contributed by atoms with van der Waals surface area (Å²) < 4.78 is 0. The molecule has 3 rings (SSSR count). The van der Waals surface area contributed by atoms with Gasteiger partial charge in [0.05, 0.1) is 10.0 Å². The van der Waals surface area contributed by atoms with Crippen molar-refractivity contribution in [3.63, 3.8) is 0 Å². The van der Waals surface area contributed by atoms with E-state index in [1.807, 2.05) is 60.7 Å². The van der Waals surface area contributed by atoms with Crippen molar-refractivity contribution >= 4 is 58.4 Å². The first-order valence-electron chi connectivity index (χ1n) is 11.2. The van der Waals surface area contributed by atoms with E-state index < -0.39 is 6.04 Å². The first kappa shape index (κ1) is 27.4. The van der Waals surface area contributed by atoms with E-state index in [0.717, 1.165) is 21.8 Å². The average Bonchev–Trinajstić information content (AvgIpc) is 2.87. The molecule has 3 aromatic carbocycles. The van der Waals surface area contributed by atoms with Gasteiger partial charge in [-0.3, -0.25) is 9.59 Å². The third-order valence-electron chi connectivity index (χ3n) is 5.47. The molecule has 1 N–H and O–H groups in total. The van der Waals surface area contributed by atoms with Gasteiger partial charge >= 0.3 is 0 Å². The molecular formula is C27H27Cl3N2O2S. The van der Waals surface area contributed by atoms with Crippen LogP contribution >= 0.6 is 46.6 Å². The fourth-order valence-corrected chi connectivity index (χ4v) is 4.94.